The lowest BCUT2D eigenvalue weighted by molar-refractivity contribution is 0.247. The molecule has 120 valence electrons. The van der Waals surface area contributed by atoms with Crippen LogP contribution in [0.5, 0.6) is 0 Å². The summed E-state index contributed by atoms with van der Waals surface area (Å²) in [5.41, 5.74) is 0.645. The number of aryl methyl sites for hydroxylation is 2. The van der Waals surface area contributed by atoms with E-state index in [4.69, 9.17) is 11.6 Å². The highest BCUT2D eigenvalue weighted by Crippen LogP contribution is 2.34. The van der Waals surface area contributed by atoms with Crippen LogP contribution in [-0.4, -0.2) is 29.6 Å². The van der Waals surface area contributed by atoms with Crippen LogP contribution in [0.2, 0.25) is 0 Å². The fraction of sp³-hybridized carbons (Fsp3) is 0.786. The van der Waals surface area contributed by atoms with E-state index in [2.05, 4.69) is 16.7 Å². The summed E-state index contributed by atoms with van der Waals surface area (Å²) in [4.78, 5) is 0.285. The third kappa shape index (κ3) is 3.27. The number of rotatable bonds is 4. The molecule has 1 aromatic rings. The third-order valence-electron chi connectivity index (χ3n) is 4.55. The highest BCUT2D eigenvalue weighted by atomic mass is 35.5. The molecular weight excluding hydrogens is 310 g/mol. The van der Waals surface area contributed by atoms with Gasteiger partial charge in [-0.15, -0.1) is 11.6 Å². The van der Waals surface area contributed by atoms with Crippen molar-refractivity contribution >= 4 is 21.6 Å². The monoisotopic (exact) mass is 333 g/mol. The summed E-state index contributed by atoms with van der Waals surface area (Å²) < 4.78 is 30.0. The maximum atomic E-state index is 12.8. The average Bonchev–Trinajstić information content (AvgIpc) is 2.66. The van der Waals surface area contributed by atoms with Crippen LogP contribution in [0, 0.1) is 19.8 Å². The van der Waals surface area contributed by atoms with Gasteiger partial charge in [0.2, 0.25) is 10.0 Å². The van der Waals surface area contributed by atoms with Gasteiger partial charge in [-0.1, -0.05) is 6.92 Å². The van der Waals surface area contributed by atoms with Gasteiger partial charge in [0, 0.05) is 18.5 Å². The lowest BCUT2D eigenvalue weighted by atomic mass is 9.79. The fourth-order valence-electron chi connectivity index (χ4n) is 3.06. The summed E-state index contributed by atoms with van der Waals surface area (Å²) in [7, 11) is -1.86. The Balaban J connectivity index is 2.32. The molecule has 1 aliphatic carbocycles. The molecule has 2 rings (SSSR count). The van der Waals surface area contributed by atoms with Crippen molar-refractivity contribution in [3.8, 4) is 0 Å². The Morgan fingerprint density at radius 1 is 1.38 bits per heavy atom. The topological polar surface area (TPSA) is 64.0 Å². The molecular formula is C14H24ClN3O2S. The predicted molar refractivity (Wildman–Crippen MR) is 84.1 cm³/mol. The minimum atomic E-state index is -3.61. The molecule has 1 N–H and O–H groups in total. The van der Waals surface area contributed by atoms with Gasteiger partial charge in [-0.25, -0.2) is 13.1 Å². The van der Waals surface area contributed by atoms with E-state index in [1.807, 2.05) is 0 Å². The van der Waals surface area contributed by atoms with Gasteiger partial charge in [-0.05, 0) is 45.4 Å². The van der Waals surface area contributed by atoms with Crippen molar-refractivity contribution in [2.45, 2.75) is 56.9 Å². The molecule has 21 heavy (non-hydrogen) atoms. The van der Waals surface area contributed by atoms with Gasteiger partial charge < -0.3 is 0 Å². The number of hydrogen-bond donors (Lipinski definition) is 1. The molecule has 1 aromatic heterocycles. The quantitative estimate of drug-likeness (QED) is 0.861. The van der Waals surface area contributed by atoms with Gasteiger partial charge in [0.25, 0.3) is 0 Å². The van der Waals surface area contributed by atoms with Crippen LogP contribution < -0.4 is 4.72 Å². The Kier molecular flexibility index (Phi) is 4.71. The SMILES string of the molecule is Cc1nn(C)c(C)c1S(=O)(=O)NC1(CCl)CCC(C)CC1. The summed E-state index contributed by atoms with van der Waals surface area (Å²) in [5, 5.41) is 4.20. The van der Waals surface area contributed by atoms with Crippen molar-refractivity contribution in [2.75, 3.05) is 5.88 Å². The van der Waals surface area contributed by atoms with E-state index in [0.29, 0.717) is 23.2 Å². The van der Waals surface area contributed by atoms with Crippen molar-refractivity contribution < 1.29 is 8.42 Å². The first-order valence-corrected chi connectivity index (χ1v) is 9.33. The number of halogens is 1. The molecule has 0 radical (unpaired) electrons. The molecule has 1 fully saturated rings. The first-order valence-electron chi connectivity index (χ1n) is 7.31. The zero-order valence-electron chi connectivity index (χ0n) is 13.1. The number of aromatic nitrogens is 2. The first kappa shape index (κ1) is 16.8. The summed E-state index contributed by atoms with van der Waals surface area (Å²) in [6.45, 7) is 5.69. The molecule has 0 amide bonds. The highest BCUT2D eigenvalue weighted by Gasteiger charge is 2.39. The number of nitrogens with zero attached hydrogens (tertiary/aromatic N) is 2. The molecule has 0 aromatic carbocycles. The van der Waals surface area contributed by atoms with Crippen LogP contribution in [0.25, 0.3) is 0 Å². The van der Waals surface area contributed by atoms with Crippen LogP contribution in [0.1, 0.15) is 44.0 Å². The zero-order valence-corrected chi connectivity index (χ0v) is 14.7. The molecule has 5 nitrogen and oxygen atoms in total. The molecule has 0 aliphatic heterocycles. The molecule has 0 spiro atoms. The Morgan fingerprint density at radius 2 is 1.95 bits per heavy atom. The predicted octanol–water partition coefficient (Wildman–Crippen LogP) is 2.50. The van der Waals surface area contributed by atoms with Gasteiger partial charge in [-0.3, -0.25) is 4.68 Å². The van der Waals surface area contributed by atoms with Gasteiger partial charge in [-0.2, -0.15) is 5.10 Å². The molecule has 7 heteroatoms. The van der Waals surface area contributed by atoms with Gasteiger partial charge in [0.05, 0.1) is 11.4 Å². The van der Waals surface area contributed by atoms with Crippen LogP contribution >= 0.6 is 11.6 Å². The Morgan fingerprint density at radius 3 is 2.38 bits per heavy atom. The van der Waals surface area contributed by atoms with Gasteiger partial charge >= 0.3 is 0 Å². The minimum Gasteiger partial charge on any atom is -0.271 e. The molecule has 0 atom stereocenters. The lowest BCUT2D eigenvalue weighted by Gasteiger charge is -2.38. The van der Waals surface area contributed by atoms with Crippen LogP contribution in [0.4, 0.5) is 0 Å². The first-order chi connectivity index (χ1) is 9.71. The molecule has 1 saturated carbocycles. The summed E-state index contributed by atoms with van der Waals surface area (Å²) >= 11 is 6.12. The maximum Gasteiger partial charge on any atom is 0.244 e. The number of nitrogens with one attached hydrogen (secondary N) is 1. The van der Waals surface area contributed by atoms with E-state index in [1.165, 1.54) is 0 Å². The lowest BCUT2D eigenvalue weighted by Crippen LogP contribution is -2.52. The standard InChI is InChI=1S/C14H24ClN3O2S/c1-10-5-7-14(9-15,8-6-10)17-21(19,20)13-11(2)16-18(4)12(13)3/h10,17H,5-9H2,1-4H3. The number of hydrogen-bond acceptors (Lipinski definition) is 3. The molecule has 0 bridgehead atoms. The van der Waals surface area contributed by atoms with Crippen molar-refractivity contribution in [1.82, 2.24) is 14.5 Å². The van der Waals surface area contributed by atoms with E-state index in [1.54, 1.807) is 25.6 Å². The number of alkyl halides is 1. The Labute approximate surface area is 132 Å². The molecule has 0 unspecified atom stereocenters. The zero-order chi connectivity index (χ0) is 15.8. The van der Waals surface area contributed by atoms with Crippen LogP contribution in [0.15, 0.2) is 4.90 Å². The average molecular weight is 334 g/mol. The molecule has 0 saturated heterocycles. The second-order valence-corrected chi connectivity index (χ2v) is 8.21. The van der Waals surface area contributed by atoms with Crippen LogP contribution in [-0.2, 0) is 17.1 Å². The van der Waals surface area contributed by atoms with Crippen molar-refractivity contribution in [1.29, 1.82) is 0 Å². The Bertz CT molecular complexity index is 616. The summed E-state index contributed by atoms with van der Waals surface area (Å²) in [5.74, 6) is 0.935. The van der Waals surface area contributed by atoms with E-state index < -0.39 is 15.6 Å². The number of sulfonamides is 1. The van der Waals surface area contributed by atoms with Crippen molar-refractivity contribution in [3.05, 3.63) is 11.4 Å². The normalized spacial score (nSPS) is 27.0. The second-order valence-electron chi connectivity index (χ2n) is 6.33. The highest BCUT2D eigenvalue weighted by molar-refractivity contribution is 7.89. The Hall–Kier alpha value is -0.590. The third-order valence-corrected chi connectivity index (χ3v) is 6.89. The van der Waals surface area contributed by atoms with E-state index in [9.17, 15) is 8.42 Å². The maximum absolute atomic E-state index is 12.8. The van der Waals surface area contributed by atoms with Crippen molar-refractivity contribution in [2.24, 2.45) is 13.0 Å². The van der Waals surface area contributed by atoms with Gasteiger partial charge in [0.15, 0.2) is 0 Å². The van der Waals surface area contributed by atoms with E-state index in [-0.39, 0.29) is 4.90 Å². The minimum absolute atomic E-state index is 0.285. The smallest absolute Gasteiger partial charge is 0.244 e. The summed E-state index contributed by atoms with van der Waals surface area (Å²) in [6.07, 6.45) is 3.57. The largest absolute Gasteiger partial charge is 0.271 e. The van der Waals surface area contributed by atoms with Crippen molar-refractivity contribution in [3.63, 3.8) is 0 Å². The molecule has 1 heterocycles. The van der Waals surface area contributed by atoms with E-state index >= 15 is 0 Å². The van der Waals surface area contributed by atoms with E-state index in [0.717, 1.165) is 25.7 Å². The fourth-order valence-corrected chi connectivity index (χ4v) is 5.37. The summed E-state index contributed by atoms with van der Waals surface area (Å²) in [6, 6.07) is 0. The second kappa shape index (κ2) is 5.89. The molecule has 1 aliphatic rings. The van der Waals surface area contributed by atoms with Crippen LogP contribution in [0.3, 0.4) is 0 Å². The van der Waals surface area contributed by atoms with Gasteiger partial charge in [0.1, 0.15) is 4.90 Å².